The highest BCUT2D eigenvalue weighted by Gasteiger charge is 2.19. The number of halogens is 2. The van der Waals surface area contributed by atoms with E-state index in [1.165, 1.54) is 6.07 Å². The monoisotopic (exact) mass is 382 g/mol. The number of hydrogen-bond donors (Lipinski definition) is 2. The van der Waals surface area contributed by atoms with Crippen LogP contribution in [0.4, 0.5) is 14.5 Å². The lowest BCUT2D eigenvalue weighted by atomic mass is 10.1. The highest BCUT2D eigenvalue weighted by atomic mass is 32.2. The van der Waals surface area contributed by atoms with Crippen molar-refractivity contribution in [2.45, 2.75) is 32.1 Å². The van der Waals surface area contributed by atoms with Gasteiger partial charge in [0.1, 0.15) is 0 Å². The molecule has 0 aromatic heterocycles. The van der Waals surface area contributed by atoms with Gasteiger partial charge in [-0.2, -0.15) is 0 Å². The van der Waals surface area contributed by atoms with E-state index in [1.807, 2.05) is 6.92 Å². The van der Waals surface area contributed by atoms with Gasteiger partial charge >= 0.3 is 0 Å². The van der Waals surface area contributed by atoms with Gasteiger partial charge in [-0.1, -0.05) is 17.7 Å². The van der Waals surface area contributed by atoms with Crippen LogP contribution in [0, 0.1) is 32.4 Å². The van der Waals surface area contributed by atoms with Crippen LogP contribution in [-0.4, -0.2) is 20.9 Å². The normalized spacial score (nSPS) is 11.4. The summed E-state index contributed by atoms with van der Waals surface area (Å²) in [6.07, 6.45) is -0.151. The molecule has 0 radical (unpaired) electrons. The third kappa shape index (κ3) is 4.86. The summed E-state index contributed by atoms with van der Waals surface area (Å²) in [4.78, 5) is 12.0. The fourth-order valence-corrected chi connectivity index (χ4v) is 4.24. The van der Waals surface area contributed by atoms with Crippen molar-refractivity contribution in [2.75, 3.05) is 11.9 Å². The first kappa shape index (κ1) is 20.0. The molecule has 5 nitrogen and oxygen atoms in total. The number of benzene rings is 2. The molecule has 0 saturated carbocycles. The molecule has 0 aliphatic carbocycles. The Kier molecular flexibility index (Phi) is 6.09. The number of rotatable bonds is 6. The largest absolute Gasteiger partial charge is 0.326 e. The summed E-state index contributed by atoms with van der Waals surface area (Å²) in [5.74, 6) is -2.61. The van der Waals surface area contributed by atoms with Crippen molar-refractivity contribution in [3.63, 3.8) is 0 Å². The first-order valence-electron chi connectivity index (χ1n) is 7.92. The standard InChI is InChI=1S/C18H20F2N2O3S/c1-11-8-12(2)18(13(3)9-11)26(24,25)21-7-6-17(23)22-14-4-5-15(19)16(20)10-14/h4-5,8-10,21H,6-7H2,1-3H3,(H,22,23). The van der Waals surface area contributed by atoms with Crippen LogP contribution in [0.3, 0.4) is 0 Å². The predicted molar refractivity (Wildman–Crippen MR) is 95.4 cm³/mol. The summed E-state index contributed by atoms with van der Waals surface area (Å²) >= 11 is 0. The maximum Gasteiger partial charge on any atom is 0.241 e. The number of hydrogen-bond acceptors (Lipinski definition) is 3. The van der Waals surface area contributed by atoms with Gasteiger partial charge in [-0.25, -0.2) is 21.9 Å². The average molecular weight is 382 g/mol. The van der Waals surface area contributed by atoms with Crippen LogP contribution < -0.4 is 10.0 Å². The van der Waals surface area contributed by atoms with Gasteiger partial charge in [0.2, 0.25) is 15.9 Å². The van der Waals surface area contributed by atoms with Crippen molar-refractivity contribution in [1.82, 2.24) is 4.72 Å². The minimum Gasteiger partial charge on any atom is -0.326 e. The van der Waals surface area contributed by atoms with Crippen LogP contribution in [-0.2, 0) is 14.8 Å². The third-order valence-corrected chi connectivity index (χ3v) is 5.49. The highest BCUT2D eigenvalue weighted by Crippen LogP contribution is 2.21. The van der Waals surface area contributed by atoms with Crippen molar-refractivity contribution in [1.29, 1.82) is 0 Å². The van der Waals surface area contributed by atoms with Crippen LogP contribution in [0.1, 0.15) is 23.1 Å². The second kappa shape index (κ2) is 7.92. The summed E-state index contributed by atoms with van der Waals surface area (Å²) in [6, 6.07) is 6.53. The minimum absolute atomic E-state index is 0.0991. The lowest BCUT2D eigenvalue weighted by Crippen LogP contribution is -2.29. The van der Waals surface area contributed by atoms with E-state index < -0.39 is 27.6 Å². The molecular weight excluding hydrogens is 362 g/mol. The van der Waals surface area contributed by atoms with Gasteiger partial charge in [0, 0.05) is 24.7 Å². The predicted octanol–water partition coefficient (Wildman–Crippen LogP) is 3.20. The van der Waals surface area contributed by atoms with Crippen molar-refractivity contribution in [3.05, 3.63) is 58.7 Å². The molecule has 1 amide bonds. The third-order valence-electron chi connectivity index (χ3n) is 3.72. The average Bonchev–Trinajstić information content (AvgIpc) is 2.49. The SMILES string of the molecule is Cc1cc(C)c(S(=O)(=O)NCCC(=O)Nc2ccc(F)c(F)c2)c(C)c1. The molecule has 0 heterocycles. The van der Waals surface area contributed by atoms with Crippen LogP contribution >= 0.6 is 0 Å². The molecule has 0 fully saturated rings. The molecule has 0 atom stereocenters. The topological polar surface area (TPSA) is 75.3 Å². The second-order valence-electron chi connectivity index (χ2n) is 6.05. The molecule has 140 valence electrons. The molecule has 0 saturated heterocycles. The molecule has 2 N–H and O–H groups in total. The highest BCUT2D eigenvalue weighted by molar-refractivity contribution is 7.89. The number of sulfonamides is 1. The van der Waals surface area contributed by atoms with E-state index >= 15 is 0 Å². The quantitative estimate of drug-likeness (QED) is 0.806. The number of amides is 1. The molecule has 0 spiro atoms. The van der Waals surface area contributed by atoms with E-state index in [4.69, 9.17) is 0 Å². The van der Waals surface area contributed by atoms with Gasteiger partial charge in [-0.05, 0) is 44.0 Å². The van der Waals surface area contributed by atoms with Gasteiger partial charge in [-0.15, -0.1) is 0 Å². The van der Waals surface area contributed by atoms with Gasteiger partial charge in [-0.3, -0.25) is 4.79 Å². The van der Waals surface area contributed by atoms with Crippen molar-refractivity contribution in [2.24, 2.45) is 0 Å². The van der Waals surface area contributed by atoms with Gasteiger partial charge in [0.05, 0.1) is 4.90 Å². The first-order valence-corrected chi connectivity index (χ1v) is 9.41. The summed E-state index contributed by atoms with van der Waals surface area (Å²) in [6.45, 7) is 5.19. The molecule has 2 aromatic rings. The number of carbonyl (C=O) groups is 1. The molecule has 2 aromatic carbocycles. The van der Waals surface area contributed by atoms with Crippen molar-refractivity contribution < 1.29 is 22.0 Å². The zero-order valence-electron chi connectivity index (χ0n) is 14.7. The summed E-state index contributed by atoms with van der Waals surface area (Å²) in [7, 11) is -3.76. The summed E-state index contributed by atoms with van der Waals surface area (Å²) < 4.78 is 53.3. The summed E-state index contributed by atoms with van der Waals surface area (Å²) in [5, 5.41) is 2.39. The maximum atomic E-state index is 13.1. The summed E-state index contributed by atoms with van der Waals surface area (Å²) in [5.41, 5.74) is 2.31. The van der Waals surface area contributed by atoms with Crippen LogP contribution in [0.15, 0.2) is 35.2 Å². The fourth-order valence-electron chi connectivity index (χ4n) is 2.76. The number of aryl methyl sites for hydroxylation is 3. The van der Waals surface area contributed by atoms with Crippen LogP contribution in [0.5, 0.6) is 0 Å². The molecule has 0 aliphatic rings. The number of nitrogens with one attached hydrogen (secondary N) is 2. The van der Waals surface area contributed by atoms with Crippen molar-refractivity contribution >= 4 is 21.6 Å². The Hall–Kier alpha value is -2.32. The number of anilines is 1. The molecule has 0 bridgehead atoms. The van der Waals surface area contributed by atoms with E-state index in [9.17, 15) is 22.0 Å². The van der Waals surface area contributed by atoms with Crippen LogP contribution in [0.2, 0.25) is 0 Å². The van der Waals surface area contributed by atoms with Gasteiger partial charge < -0.3 is 5.32 Å². The van der Waals surface area contributed by atoms with E-state index in [1.54, 1.807) is 26.0 Å². The minimum atomic E-state index is -3.76. The lowest BCUT2D eigenvalue weighted by molar-refractivity contribution is -0.116. The number of carbonyl (C=O) groups excluding carboxylic acids is 1. The van der Waals surface area contributed by atoms with E-state index in [0.717, 1.165) is 17.7 Å². The fraction of sp³-hybridized carbons (Fsp3) is 0.278. The Bertz CT molecular complexity index is 920. The van der Waals surface area contributed by atoms with E-state index in [-0.39, 0.29) is 23.5 Å². The Morgan fingerprint density at radius 3 is 2.19 bits per heavy atom. The first-order chi connectivity index (χ1) is 12.1. The molecule has 8 heteroatoms. The van der Waals surface area contributed by atoms with Crippen molar-refractivity contribution in [3.8, 4) is 0 Å². The molecule has 0 unspecified atom stereocenters. The molecule has 26 heavy (non-hydrogen) atoms. The Balaban J connectivity index is 1.98. The zero-order chi connectivity index (χ0) is 19.5. The molecule has 0 aliphatic heterocycles. The Morgan fingerprint density at radius 2 is 1.62 bits per heavy atom. The van der Waals surface area contributed by atoms with E-state index in [2.05, 4.69) is 10.0 Å². The lowest BCUT2D eigenvalue weighted by Gasteiger charge is -2.13. The molecule has 2 rings (SSSR count). The van der Waals surface area contributed by atoms with Gasteiger partial charge in [0.25, 0.3) is 0 Å². The maximum absolute atomic E-state index is 13.1. The Labute approximate surface area is 151 Å². The second-order valence-corrected chi connectivity index (χ2v) is 7.76. The van der Waals surface area contributed by atoms with Gasteiger partial charge in [0.15, 0.2) is 11.6 Å². The van der Waals surface area contributed by atoms with Crippen LogP contribution in [0.25, 0.3) is 0 Å². The molecular formula is C18H20F2N2O3S. The Morgan fingerprint density at radius 1 is 1.00 bits per heavy atom. The zero-order valence-corrected chi connectivity index (χ0v) is 15.5. The van der Waals surface area contributed by atoms with E-state index in [0.29, 0.717) is 11.1 Å². The smallest absolute Gasteiger partial charge is 0.241 e.